The number of anilines is 1. The van der Waals surface area contributed by atoms with Crippen LogP contribution in [0.3, 0.4) is 0 Å². The molecule has 1 N–H and O–H groups in total. The van der Waals surface area contributed by atoms with Crippen LogP contribution in [-0.4, -0.2) is 17.6 Å². The van der Waals surface area contributed by atoms with E-state index in [1.807, 2.05) is 31.2 Å². The molecular formula is C18H18N2O4. The van der Waals surface area contributed by atoms with Gasteiger partial charge in [0.05, 0.1) is 12.6 Å². The fourth-order valence-corrected chi connectivity index (χ4v) is 2.68. The van der Waals surface area contributed by atoms with E-state index in [2.05, 4.69) is 5.32 Å². The fourth-order valence-electron chi connectivity index (χ4n) is 2.68. The second-order valence-corrected chi connectivity index (χ2v) is 5.57. The van der Waals surface area contributed by atoms with E-state index >= 15 is 0 Å². The maximum absolute atomic E-state index is 12.2. The van der Waals surface area contributed by atoms with Gasteiger partial charge in [-0.2, -0.15) is 0 Å². The second kappa shape index (κ2) is 6.23. The van der Waals surface area contributed by atoms with Crippen LogP contribution in [0.5, 0.6) is 0 Å². The summed E-state index contributed by atoms with van der Waals surface area (Å²) in [7, 11) is 3.00. The van der Waals surface area contributed by atoms with Gasteiger partial charge in [0.15, 0.2) is 11.6 Å². The van der Waals surface area contributed by atoms with Gasteiger partial charge in [-0.3, -0.25) is 4.57 Å². The van der Waals surface area contributed by atoms with Crippen molar-refractivity contribution in [1.82, 2.24) is 4.57 Å². The maximum atomic E-state index is 12.2. The van der Waals surface area contributed by atoms with Gasteiger partial charge in [0.25, 0.3) is 0 Å². The van der Waals surface area contributed by atoms with E-state index in [9.17, 15) is 9.59 Å². The Labute approximate surface area is 138 Å². The smallest absolute Gasteiger partial charge is 0.419 e. The van der Waals surface area contributed by atoms with Gasteiger partial charge in [-0.25, -0.2) is 9.59 Å². The maximum Gasteiger partial charge on any atom is 0.419 e. The third kappa shape index (κ3) is 2.78. The molecule has 0 aliphatic rings. The quantitative estimate of drug-likeness (QED) is 0.746. The molecule has 6 heteroatoms. The normalized spacial score (nSPS) is 12.1. The van der Waals surface area contributed by atoms with Gasteiger partial charge < -0.3 is 14.5 Å². The lowest BCUT2D eigenvalue weighted by atomic mass is 10.0. The predicted molar refractivity (Wildman–Crippen MR) is 91.0 cm³/mol. The summed E-state index contributed by atoms with van der Waals surface area (Å²) in [6.07, 6.45) is 0. The zero-order valence-electron chi connectivity index (χ0n) is 13.7. The molecule has 0 saturated heterocycles. The number of carbonyl (C=O) groups excluding carboxylic acids is 1. The lowest BCUT2D eigenvalue weighted by molar-refractivity contribution is -0.141. The number of nitrogens with zero attached hydrogens (tertiary/aromatic N) is 1. The van der Waals surface area contributed by atoms with Crippen molar-refractivity contribution >= 4 is 22.8 Å². The minimum absolute atomic E-state index is 0.390. The molecule has 124 valence electrons. The number of benzene rings is 2. The monoisotopic (exact) mass is 326 g/mol. The Bertz CT molecular complexity index is 955. The number of aryl methyl sites for hydroxylation is 2. The Kier molecular flexibility index (Phi) is 4.12. The van der Waals surface area contributed by atoms with Crippen LogP contribution < -0.4 is 11.1 Å². The summed E-state index contributed by atoms with van der Waals surface area (Å²) >= 11 is 0. The molecule has 0 fully saturated rings. The molecule has 24 heavy (non-hydrogen) atoms. The van der Waals surface area contributed by atoms with Crippen molar-refractivity contribution in [2.75, 3.05) is 12.4 Å². The van der Waals surface area contributed by atoms with Gasteiger partial charge in [-0.05, 0) is 30.2 Å². The van der Waals surface area contributed by atoms with Crippen LogP contribution in [-0.2, 0) is 16.6 Å². The first-order valence-corrected chi connectivity index (χ1v) is 7.50. The molecule has 0 spiro atoms. The van der Waals surface area contributed by atoms with Gasteiger partial charge in [0.1, 0.15) is 0 Å². The van der Waals surface area contributed by atoms with E-state index in [1.165, 1.54) is 11.7 Å². The average Bonchev–Trinajstić information content (AvgIpc) is 2.86. The molecule has 3 rings (SSSR count). The summed E-state index contributed by atoms with van der Waals surface area (Å²) in [6.45, 7) is 1.94. The predicted octanol–water partition coefficient (Wildman–Crippen LogP) is 2.77. The molecular weight excluding hydrogens is 308 g/mol. The van der Waals surface area contributed by atoms with Gasteiger partial charge in [0, 0.05) is 18.8 Å². The number of fused-ring (bicyclic) bond motifs is 1. The summed E-state index contributed by atoms with van der Waals surface area (Å²) in [5, 5.41) is 3.16. The molecule has 1 aromatic heterocycles. The average molecular weight is 326 g/mol. The third-order valence-corrected chi connectivity index (χ3v) is 4.04. The van der Waals surface area contributed by atoms with Gasteiger partial charge in [-0.1, -0.05) is 24.3 Å². The summed E-state index contributed by atoms with van der Waals surface area (Å²) in [5.74, 6) is -0.815. The lowest BCUT2D eigenvalue weighted by Crippen LogP contribution is -2.23. The first kappa shape index (κ1) is 15.9. The van der Waals surface area contributed by atoms with Crippen molar-refractivity contribution in [2.24, 2.45) is 7.05 Å². The van der Waals surface area contributed by atoms with Crippen LogP contribution >= 0.6 is 0 Å². The Morgan fingerprint density at radius 3 is 2.71 bits per heavy atom. The first-order valence-electron chi connectivity index (χ1n) is 7.50. The molecule has 0 radical (unpaired) electrons. The van der Waals surface area contributed by atoms with E-state index in [1.54, 1.807) is 25.2 Å². The van der Waals surface area contributed by atoms with Gasteiger partial charge in [-0.15, -0.1) is 0 Å². The number of aromatic nitrogens is 1. The molecule has 1 atom stereocenters. The lowest BCUT2D eigenvalue weighted by Gasteiger charge is -2.19. The summed E-state index contributed by atoms with van der Waals surface area (Å²) in [6, 6.07) is 12.2. The van der Waals surface area contributed by atoms with Gasteiger partial charge >= 0.3 is 11.7 Å². The number of esters is 1. The van der Waals surface area contributed by atoms with E-state index in [0.717, 1.165) is 11.1 Å². The number of hydrogen-bond acceptors (Lipinski definition) is 5. The highest BCUT2D eigenvalue weighted by atomic mass is 16.5. The number of nitrogens with one attached hydrogen (secondary N) is 1. The van der Waals surface area contributed by atoms with Crippen molar-refractivity contribution in [3.63, 3.8) is 0 Å². The number of oxazole rings is 1. The van der Waals surface area contributed by atoms with Crippen molar-refractivity contribution < 1.29 is 13.9 Å². The van der Waals surface area contributed by atoms with Crippen LogP contribution in [0.15, 0.2) is 51.7 Å². The van der Waals surface area contributed by atoms with E-state index in [0.29, 0.717) is 16.8 Å². The van der Waals surface area contributed by atoms with Crippen molar-refractivity contribution in [3.05, 3.63) is 64.1 Å². The van der Waals surface area contributed by atoms with Crippen LogP contribution in [0.25, 0.3) is 11.1 Å². The van der Waals surface area contributed by atoms with E-state index in [4.69, 9.17) is 9.15 Å². The van der Waals surface area contributed by atoms with Crippen molar-refractivity contribution in [1.29, 1.82) is 0 Å². The molecule has 6 nitrogen and oxygen atoms in total. The van der Waals surface area contributed by atoms with Crippen molar-refractivity contribution in [2.45, 2.75) is 13.0 Å². The van der Waals surface area contributed by atoms with Crippen LogP contribution in [0, 0.1) is 6.92 Å². The minimum atomic E-state index is -0.649. The van der Waals surface area contributed by atoms with Crippen LogP contribution in [0.1, 0.15) is 17.2 Å². The molecule has 1 heterocycles. The Hall–Kier alpha value is -3.02. The standard InChI is InChI=1S/C18H18N2O4/c1-11-6-4-5-7-13(11)16(17(21)23-3)19-12-8-9-14-15(10-12)24-18(22)20(14)2/h4-10,16,19H,1-3H3/t16-/m1/s1. The second-order valence-electron chi connectivity index (χ2n) is 5.57. The SMILES string of the molecule is COC(=O)[C@H](Nc1ccc2c(c1)oc(=O)n2C)c1ccccc1C. The first-order chi connectivity index (χ1) is 11.5. The van der Waals surface area contributed by atoms with Crippen LogP contribution in [0.2, 0.25) is 0 Å². The highest BCUT2D eigenvalue weighted by molar-refractivity contribution is 5.83. The molecule has 0 saturated carbocycles. The van der Waals surface area contributed by atoms with Crippen LogP contribution in [0.4, 0.5) is 5.69 Å². The summed E-state index contributed by atoms with van der Waals surface area (Å²) in [5.41, 5.74) is 3.62. The zero-order valence-corrected chi connectivity index (χ0v) is 13.7. The molecule has 3 aromatic rings. The molecule has 2 aromatic carbocycles. The molecule has 0 bridgehead atoms. The summed E-state index contributed by atoms with van der Waals surface area (Å²) in [4.78, 5) is 23.8. The molecule has 0 amide bonds. The zero-order chi connectivity index (χ0) is 17.3. The topological polar surface area (TPSA) is 73.5 Å². The molecule has 0 aliphatic carbocycles. The number of ether oxygens (including phenoxy) is 1. The van der Waals surface area contributed by atoms with E-state index < -0.39 is 11.8 Å². The summed E-state index contributed by atoms with van der Waals surface area (Å²) < 4.78 is 11.5. The third-order valence-electron chi connectivity index (χ3n) is 4.04. The Morgan fingerprint density at radius 1 is 1.25 bits per heavy atom. The van der Waals surface area contributed by atoms with Crippen molar-refractivity contribution in [3.8, 4) is 0 Å². The number of methoxy groups -OCH3 is 1. The Morgan fingerprint density at radius 2 is 2.00 bits per heavy atom. The minimum Gasteiger partial charge on any atom is -0.467 e. The number of hydrogen-bond donors (Lipinski definition) is 1. The highest BCUT2D eigenvalue weighted by Gasteiger charge is 2.23. The molecule has 0 aliphatic heterocycles. The number of rotatable bonds is 4. The molecule has 0 unspecified atom stereocenters. The fraction of sp³-hybridized carbons (Fsp3) is 0.222. The van der Waals surface area contributed by atoms with E-state index in [-0.39, 0.29) is 5.97 Å². The Balaban J connectivity index is 2.00. The highest BCUT2D eigenvalue weighted by Crippen LogP contribution is 2.26. The van der Waals surface area contributed by atoms with Gasteiger partial charge in [0.2, 0.25) is 0 Å². The largest absolute Gasteiger partial charge is 0.467 e. The number of carbonyl (C=O) groups is 1.